The minimum Gasteiger partial charge on any atom is -0.295 e. The lowest BCUT2D eigenvalue weighted by Crippen LogP contribution is -2.24. The molecule has 1 N–H and O–H groups in total. The van der Waals surface area contributed by atoms with Crippen LogP contribution < -0.4 is 5.32 Å². The van der Waals surface area contributed by atoms with Gasteiger partial charge in [-0.1, -0.05) is 6.08 Å². The van der Waals surface area contributed by atoms with Gasteiger partial charge in [-0.05, 0) is 19.0 Å². The van der Waals surface area contributed by atoms with Crippen LogP contribution in [0.5, 0.6) is 0 Å². The van der Waals surface area contributed by atoms with Gasteiger partial charge in [0.1, 0.15) is 6.17 Å². The second kappa shape index (κ2) is 1.95. The van der Waals surface area contributed by atoms with Crippen LogP contribution in [0.4, 0.5) is 0 Å². The van der Waals surface area contributed by atoms with E-state index in [-0.39, 0.29) is 0 Å². The number of hydrogen-bond donors (Lipinski definition) is 1. The molecule has 2 rings (SSSR count). The third-order valence-electron chi connectivity index (χ3n) is 1.93. The molecule has 9 heavy (non-hydrogen) atoms. The molecule has 2 nitrogen and oxygen atoms in total. The van der Waals surface area contributed by atoms with Gasteiger partial charge in [-0.25, -0.2) is 0 Å². The summed E-state index contributed by atoms with van der Waals surface area (Å²) in [4.78, 5) is 4.27. The summed E-state index contributed by atoms with van der Waals surface area (Å²) in [5, 5.41) is 3.31. The average Bonchev–Trinajstić information content (AvgIpc) is 2.33. The van der Waals surface area contributed by atoms with Gasteiger partial charge in [0.25, 0.3) is 0 Å². The van der Waals surface area contributed by atoms with Crippen molar-refractivity contribution in [3.8, 4) is 0 Å². The van der Waals surface area contributed by atoms with Crippen molar-refractivity contribution < 1.29 is 0 Å². The molecule has 1 fully saturated rings. The van der Waals surface area contributed by atoms with Crippen molar-refractivity contribution in [1.82, 2.24) is 5.32 Å². The molecule has 48 valence electrons. The number of dihydropyridines is 1. The highest BCUT2D eigenvalue weighted by atomic mass is 15.1. The largest absolute Gasteiger partial charge is 0.295 e. The number of fused-ring (bicyclic) bond motifs is 1. The number of aliphatic imine (C=N–C) groups is 1. The maximum absolute atomic E-state index is 4.27. The van der Waals surface area contributed by atoms with Crippen molar-refractivity contribution in [2.75, 3.05) is 6.54 Å². The Balaban J connectivity index is 2.18. The zero-order chi connectivity index (χ0) is 6.10. The van der Waals surface area contributed by atoms with Gasteiger partial charge in [-0.3, -0.25) is 10.3 Å². The molecule has 1 saturated heterocycles. The predicted octanol–water partition coefficient (Wildman–Crippen LogP) is 0.563. The zero-order valence-electron chi connectivity index (χ0n) is 5.25. The Morgan fingerprint density at radius 2 is 2.56 bits per heavy atom. The minimum absolute atomic E-state index is 0.398. The Morgan fingerprint density at radius 1 is 1.56 bits per heavy atom. The van der Waals surface area contributed by atoms with Gasteiger partial charge in [0, 0.05) is 12.1 Å². The third kappa shape index (κ3) is 0.793. The summed E-state index contributed by atoms with van der Waals surface area (Å²) in [5.74, 6) is 0.676. The van der Waals surface area contributed by atoms with E-state index in [1.165, 1.54) is 6.42 Å². The first-order valence-electron chi connectivity index (χ1n) is 3.40. The van der Waals surface area contributed by atoms with Gasteiger partial charge >= 0.3 is 0 Å². The van der Waals surface area contributed by atoms with Gasteiger partial charge in [-0.15, -0.1) is 0 Å². The van der Waals surface area contributed by atoms with Crippen LogP contribution in [0.15, 0.2) is 17.1 Å². The third-order valence-corrected chi connectivity index (χ3v) is 1.93. The van der Waals surface area contributed by atoms with Crippen molar-refractivity contribution >= 4 is 6.21 Å². The number of nitrogens with one attached hydrogen (secondary N) is 1. The molecule has 0 aromatic rings. The highest BCUT2D eigenvalue weighted by Gasteiger charge is 2.24. The van der Waals surface area contributed by atoms with Crippen LogP contribution in [-0.4, -0.2) is 18.9 Å². The van der Waals surface area contributed by atoms with Crippen molar-refractivity contribution in [2.45, 2.75) is 12.6 Å². The van der Waals surface area contributed by atoms with Gasteiger partial charge in [-0.2, -0.15) is 0 Å². The summed E-state index contributed by atoms with van der Waals surface area (Å²) >= 11 is 0. The lowest BCUT2D eigenvalue weighted by atomic mass is 10.0. The maximum atomic E-state index is 4.27. The molecule has 2 atom stereocenters. The Hall–Kier alpha value is -0.630. The summed E-state index contributed by atoms with van der Waals surface area (Å²) in [7, 11) is 0. The molecule has 0 spiro atoms. The second-order valence-electron chi connectivity index (χ2n) is 2.53. The normalized spacial score (nSPS) is 39.1. The van der Waals surface area contributed by atoms with E-state index in [0.29, 0.717) is 12.1 Å². The van der Waals surface area contributed by atoms with Gasteiger partial charge < -0.3 is 0 Å². The molecule has 0 bridgehead atoms. The lowest BCUT2D eigenvalue weighted by molar-refractivity contribution is 0.543. The van der Waals surface area contributed by atoms with Crippen LogP contribution in [0.2, 0.25) is 0 Å². The molecule has 2 unspecified atom stereocenters. The molecular weight excluding hydrogens is 112 g/mol. The fourth-order valence-corrected chi connectivity index (χ4v) is 1.41. The smallest absolute Gasteiger partial charge is 0.106 e. The van der Waals surface area contributed by atoms with Crippen molar-refractivity contribution in [1.29, 1.82) is 0 Å². The van der Waals surface area contributed by atoms with Crippen LogP contribution in [0, 0.1) is 5.92 Å². The fraction of sp³-hybridized carbons (Fsp3) is 0.571. The molecule has 0 aromatic heterocycles. The van der Waals surface area contributed by atoms with Crippen LogP contribution in [0.3, 0.4) is 0 Å². The lowest BCUT2D eigenvalue weighted by Gasteiger charge is -2.12. The van der Waals surface area contributed by atoms with E-state index in [1.54, 1.807) is 0 Å². The summed E-state index contributed by atoms with van der Waals surface area (Å²) in [5.41, 5.74) is 0. The van der Waals surface area contributed by atoms with Gasteiger partial charge in [0.15, 0.2) is 0 Å². The topological polar surface area (TPSA) is 24.4 Å². The van der Waals surface area contributed by atoms with E-state index in [9.17, 15) is 0 Å². The van der Waals surface area contributed by atoms with Crippen LogP contribution >= 0.6 is 0 Å². The first kappa shape index (κ1) is 5.18. The number of hydrogen-bond acceptors (Lipinski definition) is 2. The zero-order valence-corrected chi connectivity index (χ0v) is 5.25. The average molecular weight is 122 g/mol. The summed E-state index contributed by atoms with van der Waals surface area (Å²) in [6, 6.07) is 0. The number of allylic oxidation sites excluding steroid dienone is 1. The molecular formula is C7H10N2. The van der Waals surface area contributed by atoms with Crippen molar-refractivity contribution in [3.05, 3.63) is 12.2 Å². The Morgan fingerprint density at radius 3 is 3.44 bits per heavy atom. The maximum Gasteiger partial charge on any atom is 0.106 e. The van der Waals surface area contributed by atoms with E-state index < -0.39 is 0 Å². The number of nitrogens with zero attached hydrogens (tertiary/aromatic N) is 1. The number of rotatable bonds is 0. The Labute approximate surface area is 54.7 Å². The molecule has 2 heterocycles. The Kier molecular flexibility index (Phi) is 1.12. The molecule has 2 aliphatic rings. The molecule has 2 heteroatoms. The monoisotopic (exact) mass is 122 g/mol. The SMILES string of the molecule is C1=CC2CCNC2N=C1. The molecule has 0 radical (unpaired) electrons. The van der Waals surface area contributed by atoms with Gasteiger partial charge in [0.2, 0.25) is 0 Å². The van der Waals surface area contributed by atoms with Crippen LogP contribution in [0.25, 0.3) is 0 Å². The molecule has 0 aliphatic carbocycles. The second-order valence-corrected chi connectivity index (χ2v) is 2.53. The molecule has 0 amide bonds. The van der Waals surface area contributed by atoms with E-state index in [0.717, 1.165) is 6.54 Å². The highest BCUT2D eigenvalue weighted by molar-refractivity contribution is 5.72. The van der Waals surface area contributed by atoms with E-state index >= 15 is 0 Å². The van der Waals surface area contributed by atoms with Gasteiger partial charge in [0.05, 0.1) is 0 Å². The van der Waals surface area contributed by atoms with E-state index in [1.807, 2.05) is 12.3 Å². The molecule has 0 aromatic carbocycles. The first-order valence-corrected chi connectivity index (χ1v) is 3.40. The molecule has 0 saturated carbocycles. The summed E-state index contributed by atoms with van der Waals surface area (Å²) in [6.07, 6.45) is 7.79. The molecule has 2 aliphatic heterocycles. The van der Waals surface area contributed by atoms with E-state index in [2.05, 4.69) is 16.4 Å². The van der Waals surface area contributed by atoms with Crippen molar-refractivity contribution in [3.63, 3.8) is 0 Å². The quantitative estimate of drug-likeness (QED) is 0.499. The minimum atomic E-state index is 0.398. The van der Waals surface area contributed by atoms with Crippen molar-refractivity contribution in [2.24, 2.45) is 10.9 Å². The standard InChI is InChI=1S/C7H10N2/c1-2-6-3-5-9-7(6)8-4-1/h1-2,4,6-7,9H,3,5H2. The summed E-state index contributed by atoms with van der Waals surface area (Å²) in [6.45, 7) is 1.12. The highest BCUT2D eigenvalue weighted by Crippen LogP contribution is 2.19. The van der Waals surface area contributed by atoms with Crippen LogP contribution in [0.1, 0.15) is 6.42 Å². The fourth-order valence-electron chi connectivity index (χ4n) is 1.41. The summed E-state index contributed by atoms with van der Waals surface area (Å²) < 4.78 is 0. The van der Waals surface area contributed by atoms with E-state index in [4.69, 9.17) is 0 Å². The van der Waals surface area contributed by atoms with Crippen LogP contribution in [-0.2, 0) is 0 Å². The predicted molar refractivity (Wildman–Crippen MR) is 37.5 cm³/mol. The Bertz CT molecular complexity index is 142. The first-order chi connectivity index (χ1) is 4.47.